The number of rotatable bonds is 4. The van der Waals surface area contributed by atoms with Crippen molar-refractivity contribution in [3.05, 3.63) is 71.0 Å². The molecular weight excluding hydrogens is 409 g/mol. The molecule has 1 fully saturated rings. The van der Waals surface area contributed by atoms with E-state index >= 15 is 0 Å². The van der Waals surface area contributed by atoms with Crippen LogP contribution in [0, 0.1) is 5.82 Å². The SMILES string of the molecule is CN1C(=O)C2C(=NC(CN3CCc4ccccc4C3)=[N+]2Cc2ccccc2F)N(C)C1=O. The van der Waals surface area contributed by atoms with E-state index < -0.39 is 12.1 Å². The quantitative estimate of drug-likeness (QED) is 0.693. The summed E-state index contributed by atoms with van der Waals surface area (Å²) in [6.07, 6.45) is 0.941. The van der Waals surface area contributed by atoms with Gasteiger partial charge < -0.3 is 0 Å². The van der Waals surface area contributed by atoms with Crippen molar-refractivity contribution < 1.29 is 18.6 Å². The maximum atomic E-state index is 14.5. The number of amidine groups is 2. The Labute approximate surface area is 186 Å². The van der Waals surface area contributed by atoms with Gasteiger partial charge in [-0.15, -0.1) is 0 Å². The van der Waals surface area contributed by atoms with Gasteiger partial charge in [0, 0.05) is 32.7 Å². The summed E-state index contributed by atoms with van der Waals surface area (Å²) in [7, 11) is 3.09. The molecular formula is C24H25FN5O2+. The van der Waals surface area contributed by atoms with Crippen LogP contribution < -0.4 is 0 Å². The van der Waals surface area contributed by atoms with Crippen LogP contribution in [0.4, 0.5) is 9.18 Å². The summed E-state index contributed by atoms with van der Waals surface area (Å²) < 4.78 is 16.3. The molecule has 2 aromatic carbocycles. The lowest BCUT2D eigenvalue weighted by molar-refractivity contribution is -0.552. The molecule has 3 aliphatic rings. The Morgan fingerprint density at radius 2 is 1.75 bits per heavy atom. The minimum Gasteiger partial charge on any atom is -0.287 e. The zero-order valence-electron chi connectivity index (χ0n) is 18.2. The summed E-state index contributed by atoms with van der Waals surface area (Å²) >= 11 is 0. The third-order valence-electron chi connectivity index (χ3n) is 6.49. The Kier molecular flexibility index (Phi) is 5.09. The first-order valence-electron chi connectivity index (χ1n) is 10.7. The fourth-order valence-electron chi connectivity index (χ4n) is 4.66. The monoisotopic (exact) mass is 434 g/mol. The van der Waals surface area contributed by atoms with Crippen molar-refractivity contribution in [2.75, 3.05) is 27.2 Å². The van der Waals surface area contributed by atoms with Gasteiger partial charge in [-0.2, -0.15) is 0 Å². The number of amides is 3. The van der Waals surface area contributed by atoms with Crippen molar-refractivity contribution in [1.29, 1.82) is 0 Å². The number of benzene rings is 2. The highest BCUT2D eigenvalue weighted by Gasteiger charge is 2.53. The molecule has 1 atom stereocenters. The summed E-state index contributed by atoms with van der Waals surface area (Å²) in [5.74, 6) is 0.410. The number of nitrogens with zero attached hydrogens (tertiary/aromatic N) is 5. The lowest BCUT2D eigenvalue weighted by atomic mass is 10.00. The highest BCUT2D eigenvalue weighted by Crippen LogP contribution is 2.23. The number of imide groups is 1. The minimum atomic E-state index is -0.741. The molecule has 8 heteroatoms. The molecule has 0 bridgehead atoms. The third kappa shape index (κ3) is 3.40. The Morgan fingerprint density at radius 3 is 2.53 bits per heavy atom. The molecule has 0 radical (unpaired) electrons. The Balaban J connectivity index is 1.51. The van der Waals surface area contributed by atoms with Crippen LogP contribution in [-0.4, -0.2) is 76.1 Å². The van der Waals surface area contributed by atoms with Crippen LogP contribution in [0.2, 0.25) is 0 Å². The molecule has 3 aliphatic heterocycles. The number of halogens is 1. The predicted octanol–water partition coefficient (Wildman–Crippen LogP) is 2.10. The van der Waals surface area contributed by atoms with E-state index in [4.69, 9.17) is 4.99 Å². The van der Waals surface area contributed by atoms with E-state index in [9.17, 15) is 14.0 Å². The second-order valence-corrected chi connectivity index (χ2v) is 8.48. The Morgan fingerprint density at radius 1 is 1.03 bits per heavy atom. The van der Waals surface area contributed by atoms with Crippen molar-refractivity contribution in [3.63, 3.8) is 0 Å². The van der Waals surface area contributed by atoms with Gasteiger partial charge in [0.15, 0.2) is 0 Å². The number of likely N-dealkylation sites (N-methyl/N-ethyl adjacent to an activating group) is 2. The fourth-order valence-corrected chi connectivity index (χ4v) is 4.66. The van der Waals surface area contributed by atoms with Crippen molar-refractivity contribution >= 4 is 23.6 Å². The highest BCUT2D eigenvalue weighted by atomic mass is 19.1. The first kappa shape index (κ1) is 20.5. The maximum Gasteiger partial charge on any atom is 0.333 e. The second kappa shape index (κ2) is 7.94. The number of aliphatic imine (C=N–C) groups is 1. The van der Waals surface area contributed by atoms with E-state index in [1.807, 2.05) is 10.6 Å². The zero-order chi connectivity index (χ0) is 22.4. The van der Waals surface area contributed by atoms with Gasteiger partial charge in [0.25, 0.3) is 17.8 Å². The van der Waals surface area contributed by atoms with Gasteiger partial charge in [0.05, 0.1) is 0 Å². The first-order chi connectivity index (χ1) is 15.4. The van der Waals surface area contributed by atoms with Gasteiger partial charge in [0.1, 0.15) is 18.9 Å². The van der Waals surface area contributed by atoms with Crippen molar-refractivity contribution in [2.45, 2.75) is 25.6 Å². The molecule has 0 saturated carbocycles. The molecule has 3 amide bonds. The normalized spacial score (nSPS) is 21.1. The molecule has 2 aromatic rings. The summed E-state index contributed by atoms with van der Waals surface area (Å²) in [6, 6.07) is 13.8. The van der Waals surface area contributed by atoms with Gasteiger partial charge in [-0.1, -0.05) is 42.5 Å². The lowest BCUT2D eigenvalue weighted by Gasteiger charge is -2.31. The number of carbonyl (C=O) groups excluding carboxylic acids is 2. The van der Waals surface area contributed by atoms with Gasteiger partial charge in [0.2, 0.25) is 0 Å². The average Bonchev–Trinajstić information content (AvgIpc) is 3.15. The van der Waals surface area contributed by atoms with E-state index in [1.165, 1.54) is 29.1 Å². The van der Waals surface area contributed by atoms with Crippen molar-refractivity contribution in [2.24, 2.45) is 4.99 Å². The van der Waals surface area contributed by atoms with Crippen LogP contribution in [0.15, 0.2) is 53.5 Å². The Hall–Kier alpha value is -3.39. The molecule has 0 spiro atoms. The van der Waals surface area contributed by atoms with Crippen LogP contribution in [0.1, 0.15) is 16.7 Å². The standard InChI is InChI=1S/C24H25FN5O2/c1-27-22-21(23(31)28(2)24(27)32)30(14-18-9-5-6-10-19(18)25)20(26-22)15-29-12-11-16-7-3-4-8-17(16)13-29/h3-10,21H,11-15H2,1-2H3/q+1. The molecule has 5 rings (SSSR count). The van der Waals surface area contributed by atoms with Crippen LogP contribution >= 0.6 is 0 Å². The molecule has 0 aromatic heterocycles. The molecule has 1 unspecified atom stereocenters. The largest absolute Gasteiger partial charge is 0.333 e. The molecule has 7 nitrogen and oxygen atoms in total. The maximum absolute atomic E-state index is 14.5. The van der Waals surface area contributed by atoms with Gasteiger partial charge in [-0.25, -0.2) is 13.8 Å². The molecule has 32 heavy (non-hydrogen) atoms. The summed E-state index contributed by atoms with van der Waals surface area (Å²) in [5.41, 5.74) is 3.12. The van der Waals surface area contributed by atoms with Crippen LogP contribution in [0.3, 0.4) is 0 Å². The summed E-state index contributed by atoms with van der Waals surface area (Å²) in [4.78, 5) is 35.1. The smallest absolute Gasteiger partial charge is 0.287 e. The number of urea groups is 1. The highest BCUT2D eigenvalue weighted by molar-refractivity contribution is 6.23. The molecule has 0 aliphatic carbocycles. The van der Waals surface area contributed by atoms with Crippen LogP contribution in [0.5, 0.6) is 0 Å². The molecule has 1 saturated heterocycles. The molecule has 3 heterocycles. The summed E-state index contributed by atoms with van der Waals surface area (Å²) in [6.45, 7) is 2.37. The van der Waals surface area contributed by atoms with Crippen LogP contribution in [0.25, 0.3) is 0 Å². The van der Waals surface area contributed by atoms with E-state index in [2.05, 4.69) is 23.1 Å². The van der Waals surface area contributed by atoms with Gasteiger partial charge >= 0.3 is 11.9 Å². The lowest BCUT2D eigenvalue weighted by Crippen LogP contribution is -2.61. The van der Waals surface area contributed by atoms with Crippen LogP contribution in [-0.2, 0) is 24.3 Å². The molecule has 164 valence electrons. The predicted molar refractivity (Wildman–Crippen MR) is 118 cm³/mol. The van der Waals surface area contributed by atoms with Crippen molar-refractivity contribution in [3.8, 4) is 0 Å². The van der Waals surface area contributed by atoms with Gasteiger partial charge in [-0.05, 0) is 28.6 Å². The van der Waals surface area contributed by atoms with E-state index in [1.54, 1.807) is 25.2 Å². The van der Waals surface area contributed by atoms with Gasteiger partial charge in [-0.3, -0.25) is 19.5 Å². The van der Waals surface area contributed by atoms with Crippen molar-refractivity contribution in [1.82, 2.24) is 14.7 Å². The number of fused-ring (bicyclic) bond motifs is 2. The second-order valence-electron chi connectivity index (χ2n) is 8.48. The zero-order valence-corrected chi connectivity index (χ0v) is 18.2. The number of hydrogen-bond acceptors (Lipinski definition) is 4. The number of hydrogen-bond donors (Lipinski definition) is 0. The first-order valence-corrected chi connectivity index (χ1v) is 10.7. The Bertz CT molecular complexity index is 1170. The van der Waals surface area contributed by atoms with E-state index in [0.717, 1.165) is 24.4 Å². The number of carbonyl (C=O) groups is 2. The fraction of sp³-hybridized carbons (Fsp3) is 0.333. The summed E-state index contributed by atoms with van der Waals surface area (Å²) in [5, 5.41) is 0. The third-order valence-corrected chi connectivity index (χ3v) is 6.49. The topological polar surface area (TPSA) is 59.2 Å². The van der Waals surface area contributed by atoms with E-state index in [0.29, 0.717) is 23.8 Å². The average molecular weight is 434 g/mol. The molecule has 0 N–H and O–H groups in total. The van der Waals surface area contributed by atoms with E-state index in [-0.39, 0.29) is 18.3 Å². The minimum absolute atomic E-state index is 0.200.